The lowest BCUT2D eigenvalue weighted by Crippen LogP contribution is -2.72. The van der Waals surface area contributed by atoms with E-state index in [-0.39, 0.29) is 16.2 Å². The Hall–Kier alpha value is -2.67. The van der Waals surface area contributed by atoms with Gasteiger partial charge in [-0.25, -0.2) is 0 Å². The van der Waals surface area contributed by atoms with Crippen molar-refractivity contribution in [3.8, 4) is 0 Å². The van der Waals surface area contributed by atoms with E-state index in [9.17, 15) is 13.2 Å². The van der Waals surface area contributed by atoms with E-state index in [0.717, 1.165) is 18.5 Å². The predicted molar refractivity (Wildman–Crippen MR) is 110 cm³/mol. The average molecular weight is 401 g/mol. The summed E-state index contributed by atoms with van der Waals surface area (Å²) in [4.78, 5) is 15.7. The summed E-state index contributed by atoms with van der Waals surface area (Å²) in [6.07, 6.45) is 1.59. The largest absolute Gasteiger partial charge is 0.328 e. The van der Waals surface area contributed by atoms with Crippen LogP contribution in [-0.4, -0.2) is 26.7 Å². The highest BCUT2D eigenvalue weighted by Gasteiger charge is 2.24. The van der Waals surface area contributed by atoms with Crippen LogP contribution in [0.4, 0.5) is 5.69 Å². The molecule has 6 nitrogen and oxygen atoms in total. The monoisotopic (exact) mass is 400 g/mol. The third-order valence-corrected chi connectivity index (χ3v) is 6.00. The van der Waals surface area contributed by atoms with Crippen molar-refractivity contribution in [1.82, 2.24) is 4.72 Å². The zero-order chi connectivity index (χ0) is 20.4. The molecule has 1 heterocycles. The molecule has 0 saturated carbocycles. The Morgan fingerprint density at radius 3 is 2.39 bits per heavy atom. The maximum atomic E-state index is 12.5. The summed E-state index contributed by atoms with van der Waals surface area (Å²) in [5.41, 5.74) is 2.10. The van der Waals surface area contributed by atoms with Crippen molar-refractivity contribution in [1.29, 1.82) is 0 Å². The lowest BCUT2D eigenvalue weighted by molar-refractivity contribution is -0.448. The van der Waals surface area contributed by atoms with Crippen molar-refractivity contribution in [3.63, 3.8) is 0 Å². The maximum absolute atomic E-state index is 12.5. The van der Waals surface area contributed by atoms with E-state index < -0.39 is 10.0 Å². The number of hydrogen-bond donors (Lipinski definition) is 3. The molecule has 2 aromatic carbocycles. The molecule has 0 atom stereocenters. The Balaban J connectivity index is 1.74. The molecule has 2 aromatic rings. The smallest absolute Gasteiger partial charge is 0.322 e. The lowest BCUT2D eigenvalue weighted by Gasteiger charge is -2.19. The van der Waals surface area contributed by atoms with Crippen LogP contribution in [0.5, 0.6) is 0 Å². The van der Waals surface area contributed by atoms with Crippen LogP contribution in [-0.2, 0) is 15.4 Å². The van der Waals surface area contributed by atoms with E-state index in [1.807, 2.05) is 12.1 Å². The minimum absolute atomic E-state index is 0.0108. The fourth-order valence-corrected chi connectivity index (χ4v) is 4.12. The predicted octanol–water partition coefficient (Wildman–Crippen LogP) is 1.79. The number of carbonyl (C=O) groups is 1. The quantitative estimate of drug-likeness (QED) is 0.731. The standard InChI is InChI=1S/C21H25N3O3S/c1-21(2,3)16-11-9-15(10-12-16)20(25)23-17-6-4-7-18(14-17)28(26,27)24-19-8-5-13-22-19/h4,6-7,9-12,14H,5,8,13H2,1-3H3,(H,22,24)(H,23,25)/p+1. The number of sulfonamides is 1. The van der Waals surface area contributed by atoms with Crippen LogP contribution < -0.4 is 15.0 Å². The topological polar surface area (TPSA) is 89.2 Å². The van der Waals surface area contributed by atoms with Crippen LogP contribution >= 0.6 is 0 Å². The third kappa shape index (κ3) is 4.78. The second kappa shape index (κ2) is 7.75. The highest BCUT2D eigenvalue weighted by molar-refractivity contribution is 7.90. The highest BCUT2D eigenvalue weighted by Crippen LogP contribution is 2.23. The summed E-state index contributed by atoms with van der Waals surface area (Å²) in [6, 6.07) is 13.7. The second-order valence-electron chi connectivity index (χ2n) is 7.92. The first-order valence-electron chi connectivity index (χ1n) is 9.30. The maximum Gasteiger partial charge on any atom is 0.328 e. The second-order valence-corrected chi connectivity index (χ2v) is 9.61. The Bertz CT molecular complexity index is 1000. The summed E-state index contributed by atoms with van der Waals surface area (Å²) in [5, 5.41) is 2.77. The van der Waals surface area contributed by atoms with E-state index in [1.165, 1.54) is 12.1 Å². The highest BCUT2D eigenvalue weighted by atomic mass is 32.2. The fraction of sp³-hybridized carbons (Fsp3) is 0.333. The molecule has 28 heavy (non-hydrogen) atoms. The molecule has 7 heteroatoms. The molecule has 0 bridgehead atoms. The van der Waals surface area contributed by atoms with Crippen LogP contribution in [0.1, 0.15) is 49.5 Å². The lowest BCUT2D eigenvalue weighted by atomic mass is 9.87. The van der Waals surface area contributed by atoms with Gasteiger partial charge < -0.3 is 5.32 Å². The van der Waals surface area contributed by atoms with Crippen molar-refractivity contribution in [3.05, 3.63) is 59.7 Å². The van der Waals surface area contributed by atoms with Crippen LogP contribution in [0.2, 0.25) is 0 Å². The fourth-order valence-electron chi connectivity index (χ4n) is 2.97. The molecule has 148 valence electrons. The Morgan fingerprint density at radius 2 is 1.79 bits per heavy atom. The molecule has 0 spiro atoms. The molecule has 0 radical (unpaired) electrons. The molecule has 0 unspecified atom stereocenters. The van der Waals surface area contributed by atoms with Crippen LogP contribution in [0.25, 0.3) is 0 Å². The van der Waals surface area contributed by atoms with Gasteiger partial charge in [-0.3, -0.25) is 9.79 Å². The summed E-state index contributed by atoms with van der Waals surface area (Å²) in [5.74, 6) is 0.322. The number of amides is 1. The van der Waals surface area contributed by atoms with Gasteiger partial charge in [-0.15, -0.1) is 0 Å². The number of hydrogen-bond acceptors (Lipinski definition) is 3. The van der Waals surface area contributed by atoms with Gasteiger partial charge in [0.25, 0.3) is 11.7 Å². The van der Waals surface area contributed by atoms with Crippen LogP contribution in [0.3, 0.4) is 0 Å². The first-order chi connectivity index (χ1) is 13.1. The molecule has 0 fully saturated rings. The molecule has 0 aromatic heterocycles. The summed E-state index contributed by atoms with van der Waals surface area (Å²) in [6.45, 7) is 7.10. The molecule has 3 N–H and O–H groups in total. The van der Waals surface area contributed by atoms with Gasteiger partial charge in [0.05, 0.1) is 13.0 Å². The Labute approximate surface area is 166 Å². The molecular weight excluding hydrogens is 374 g/mol. The van der Waals surface area contributed by atoms with Gasteiger partial charge in [0.1, 0.15) is 4.90 Å². The van der Waals surface area contributed by atoms with E-state index >= 15 is 0 Å². The third-order valence-electron chi connectivity index (χ3n) is 4.61. The van der Waals surface area contributed by atoms with Crippen molar-refractivity contribution in [2.75, 3.05) is 11.9 Å². The van der Waals surface area contributed by atoms with Gasteiger partial charge in [-0.2, -0.15) is 13.1 Å². The zero-order valence-corrected chi connectivity index (χ0v) is 17.2. The minimum Gasteiger partial charge on any atom is -0.322 e. The van der Waals surface area contributed by atoms with Gasteiger partial charge in [0, 0.05) is 11.3 Å². The minimum atomic E-state index is -3.69. The number of anilines is 1. The SMILES string of the molecule is CC(C)(C)c1ccc(C(=O)Nc2cccc(S(=O)(=O)NC3=[NH+]CCC3)c2)cc1. The van der Waals surface area contributed by atoms with Crippen LogP contribution in [0.15, 0.2) is 53.4 Å². The first-order valence-corrected chi connectivity index (χ1v) is 10.8. The van der Waals surface area contributed by atoms with Crippen molar-refractivity contribution >= 4 is 27.5 Å². The summed E-state index contributed by atoms with van der Waals surface area (Å²) < 4.78 is 27.7. The number of nitrogens with one attached hydrogen (secondary N) is 3. The van der Waals surface area contributed by atoms with Gasteiger partial charge in [-0.1, -0.05) is 39.0 Å². The number of amidine groups is 1. The van der Waals surface area contributed by atoms with E-state index in [2.05, 4.69) is 35.8 Å². The van der Waals surface area contributed by atoms with Crippen LogP contribution in [0, 0.1) is 0 Å². The summed E-state index contributed by atoms with van der Waals surface area (Å²) in [7, 11) is -3.69. The van der Waals surface area contributed by atoms with Crippen molar-refractivity contribution in [2.45, 2.75) is 43.9 Å². The zero-order valence-electron chi connectivity index (χ0n) is 16.4. The molecule has 0 saturated heterocycles. The number of carbonyl (C=O) groups excluding carboxylic acids is 1. The molecule has 1 aliphatic heterocycles. The van der Waals surface area contributed by atoms with E-state index in [4.69, 9.17) is 0 Å². The molecule has 0 aliphatic carbocycles. The van der Waals surface area contributed by atoms with Gasteiger partial charge in [-0.05, 0) is 47.7 Å². The van der Waals surface area contributed by atoms with Crippen molar-refractivity contribution in [2.24, 2.45) is 0 Å². The van der Waals surface area contributed by atoms with E-state index in [0.29, 0.717) is 23.5 Å². The first kappa shape index (κ1) is 20.1. The molecule has 1 amide bonds. The van der Waals surface area contributed by atoms with Gasteiger partial charge >= 0.3 is 10.0 Å². The molecule has 1 aliphatic rings. The summed E-state index contributed by atoms with van der Waals surface area (Å²) >= 11 is 0. The molecular formula is C21H26N3O3S+. The van der Waals surface area contributed by atoms with Gasteiger partial charge in [0.15, 0.2) is 0 Å². The normalized spacial score (nSPS) is 14.5. The number of benzene rings is 2. The van der Waals surface area contributed by atoms with Crippen molar-refractivity contribution < 1.29 is 18.2 Å². The Kier molecular flexibility index (Phi) is 5.56. The van der Waals surface area contributed by atoms with Gasteiger partial charge in [0.2, 0.25) is 0 Å². The number of rotatable bonds is 4. The van der Waals surface area contributed by atoms with E-state index in [1.54, 1.807) is 24.3 Å². The molecule has 3 rings (SSSR count). The average Bonchev–Trinajstić information content (AvgIpc) is 3.13. The Morgan fingerprint density at radius 1 is 1.07 bits per heavy atom.